The Labute approximate surface area is 162 Å². The molecule has 142 valence electrons. The number of amides is 2. The van der Waals surface area contributed by atoms with Gasteiger partial charge in [-0.1, -0.05) is 41.2 Å². The van der Waals surface area contributed by atoms with Gasteiger partial charge in [0.15, 0.2) is 5.82 Å². The van der Waals surface area contributed by atoms with Crippen LogP contribution in [0.4, 0.5) is 4.79 Å². The van der Waals surface area contributed by atoms with Gasteiger partial charge in [-0.05, 0) is 13.3 Å². The summed E-state index contributed by atoms with van der Waals surface area (Å²) in [5, 5.41) is 7.66. The fourth-order valence-electron chi connectivity index (χ4n) is 3.21. The van der Waals surface area contributed by atoms with Gasteiger partial charge in [-0.2, -0.15) is 4.98 Å². The molecular formula is C19H23N5O2S. The molecule has 0 unspecified atom stereocenters. The van der Waals surface area contributed by atoms with Crippen molar-refractivity contribution in [3.8, 4) is 11.4 Å². The third-order valence-corrected chi connectivity index (χ3v) is 5.78. The van der Waals surface area contributed by atoms with E-state index in [1.54, 1.807) is 18.4 Å². The maximum absolute atomic E-state index is 12.3. The Morgan fingerprint density at radius 3 is 2.93 bits per heavy atom. The number of hydrogen-bond donors (Lipinski definition) is 1. The van der Waals surface area contributed by atoms with E-state index in [0.717, 1.165) is 29.2 Å². The third kappa shape index (κ3) is 3.68. The van der Waals surface area contributed by atoms with Crippen LogP contribution in [-0.4, -0.2) is 52.3 Å². The minimum Gasteiger partial charge on any atom is -0.385 e. The lowest BCUT2D eigenvalue weighted by molar-refractivity contribution is 0.182. The van der Waals surface area contributed by atoms with Crippen LogP contribution in [0.5, 0.6) is 0 Å². The molecule has 1 aromatic carbocycles. The van der Waals surface area contributed by atoms with Crippen molar-refractivity contribution in [2.45, 2.75) is 26.3 Å². The molecule has 4 rings (SSSR count). The predicted octanol–water partition coefficient (Wildman–Crippen LogP) is 2.87. The molecular weight excluding hydrogens is 362 g/mol. The highest BCUT2D eigenvalue weighted by Gasteiger charge is 2.26. The van der Waals surface area contributed by atoms with Crippen molar-refractivity contribution >= 4 is 22.3 Å². The number of hydrogen-bond acceptors (Lipinski definition) is 5. The van der Waals surface area contributed by atoms with Crippen molar-refractivity contribution in [2.24, 2.45) is 0 Å². The second-order valence-electron chi connectivity index (χ2n) is 6.72. The smallest absolute Gasteiger partial charge is 0.317 e. The van der Waals surface area contributed by atoms with Crippen LogP contribution < -0.4 is 5.32 Å². The van der Waals surface area contributed by atoms with Gasteiger partial charge in [-0.15, -0.1) is 5.10 Å². The molecule has 0 saturated carbocycles. The zero-order valence-corrected chi connectivity index (χ0v) is 16.4. The van der Waals surface area contributed by atoms with Crippen molar-refractivity contribution in [3.63, 3.8) is 0 Å². The normalized spacial score (nSPS) is 13.8. The van der Waals surface area contributed by atoms with Gasteiger partial charge in [-0.25, -0.2) is 9.31 Å². The molecule has 7 nitrogen and oxygen atoms in total. The maximum atomic E-state index is 12.3. The number of nitrogens with zero attached hydrogens (tertiary/aromatic N) is 4. The van der Waals surface area contributed by atoms with E-state index in [4.69, 9.17) is 14.8 Å². The lowest BCUT2D eigenvalue weighted by Crippen LogP contribution is -2.43. The van der Waals surface area contributed by atoms with E-state index in [0.29, 0.717) is 26.2 Å². The van der Waals surface area contributed by atoms with E-state index in [1.165, 1.54) is 16.1 Å². The molecule has 2 aromatic heterocycles. The molecule has 3 heterocycles. The monoisotopic (exact) mass is 385 g/mol. The average Bonchev–Trinajstić information content (AvgIpc) is 3.23. The van der Waals surface area contributed by atoms with Crippen LogP contribution in [0.3, 0.4) is 0 Å². The molecule has 27 heavy (non-hydrogen) atoms. The number of methoxy groups -OCH3 is 1. The van der Waals surface area contributed by atoms with Crippen LogP contribution in [0.1, 0.15) is 22.6 Å². The number of urea groups is 1. The summed E-state index contributed by atoms with van der Waals surface area (Å²) in [6.45, 7) is 4.65. The van der Waals surface area contributed by atoms with Crippen LogP contribution in [0.25, 0.3) is 16.3 Å². The van der Waals surface area contributed by atoms with Crippen LogP contribution in [0.2, 0.25) is 0 Å². The standard InChI is InChI=1S/C19H23N5O2S/c1-13-4-6-14(7-5-13)17-21-19-24(22-17)15-8-10-23(12-16(15)27-19)18(25)20-9-3-11-26-2/h4-7H,3,8-12H2,1-2H3,(H,20,25). The van der Waals surface area contributed by atoms with Gasteiger partial charge in [0.2, 0.25) is 4.96 Å². The van der Waals surface area contributed by atoms with E-state index in [9.17, 15) is 4.79 Å². The summed E-state index contributed by atoms with van der Waals surface area (Å²) in [4.78, 5) is 20.9. The first-order valence-corrected chi connectivity index (χ1v) is 9.93. The molecule has 0 saturated heterocycles. The third-order valence-electron chi connectivity index (χ3n) is 4.72. The zero-order chi connectivity index (χ0) is 18.8. The van der Waals surface area contributed by atoms with Gasteiger partial charge in [0, 0.05) is 43.7 Å². The van der Waals surface area contributed by atoms with Crippen molar-refractivity contribution in [1.82, 2.24) is 24.8 Å². The van der Waals surface area contributed by atoms with Crippen LogP contribution in [-0.2, 0) is 17.7 Å². The highest BCUT2D eigenvalue weighted by atomic mass is 32.1. The topological polar surface area (TPSA) is 71.8 Å². The number of nitrogens with one attached hydrogen (secondary N) is 1. The molecule has 0 bridgehead atoms. The highest BCUT2D eigenvalue weighted by molar-refractivity contribution is 7.17. The summed E-state index contributed by atoms with van der Waals surface area (Å²) in [7, 11) is 1.67. The van der Waals surface area contributed by atoms with E-state index in [-0.39, 0.29) is 6.03 Å². The zero-order valence-electron chi connectivity index (χ0n) is 15.6. The maximum Gasteiger partial charge on any atom is 0.317 e. The SMILES string of the molecule is COCCCNC(=O)N1CCc2c(sc3nc(-c4ccc(C)cc4)nn23)C1. The van der Waals surface area contributed by atoms with Gasteiger partial charge < -0.3 is 15.0 Å². The molecule has 0 spiro atoms. The molecule has 0 radical (unpaired) electrons. The Hall–Kier alpha value is -2.45. The molecule has 2 amide bonds. The summed E-state index contributed by atoms with van der Waals surface area (Å²) in [6, 6.07) is 8.23. The van der Waals surface area contributed by atoms with E-state index in [2.05, 4.69) is 36.5 Å². The summed E-state index contributed by atoms with van der Waals surface area (Å²) < 4.78 is 6.96. The van der Waals surface area contributed by atoms with Crippen LogP contribution >= 0.6 is 11.3 Å². The largest absolute Gasteiger partial charge is 0.385 e. The van der Waals surface area contributed by atoms with E-state index >= 15 is 0 Å². The summed E-state index contributed by atoms with van der Waals surface area (Å²) in [5.41, 5.74) is 3.42. The van der Waals surface area contributed by atoms with Gasteiger partial charge >= 0.3 is 6.03 Å². The number of carbonyl (C=O) groups is 1. The van der Waals surface area contributed by atoms with Crippen LogP contribution in [0.15, 0.2) is 24.3 Å². The van der Waals surface area contributed by atoms with E-state index < -0.39 is 0 Å². The summed E-state index contributed by atoms with van der Waals surface area (Å²) in [6.07, 6.45) is 1.61. The number of carbonyl (C=O) groups excluding carboxylic acids is 1. The number of rotatable bonds is 5. The van der Waals surface area contributed by atoms with Crippen molar-refractivity contribution in [3.05, 3.63) is 40.4 Å². The quantitative estimate of drug-likeness (QED) is 0.686. The predicted molar refractivity (Wildman–Crippen MR) is 105 cm³/mol. The van der Waals surface area contributed by atoms with E-state index in [1.807, 2.05) is 9.42 Å². The minimum absolute atomic E-state index is 0.0175. The summed E-state index contributed by atoms with van der Waals surface area (Å²) >= 11 is 1.62. The lowest BCUT2D eigenvalue weighted by Gasteiger charge is -2.26. The molecule has 1 aliphatic heterocycles. The molecule has 1 N–H and O–H groups in total. The molecule has 0 fully saturated rings. The average molecular weight is 385 g/mol. The Kier molecular flexibility index (Phi) is 5.09. The number of aryl methyl sites for hydroxylation is 1. The van der Waals surface area contributed by atoms with Crippen molar-refractivity contribution in [1.29, 1.82) is 0 Å². The van der Waals surface area contributed by atoms with Gasteiger partial charge in [-0.3, -0.25) is 0 Å². The minimum atomic E-state index is -0.0175. The number of ether oxygens (including phenoxy) is 1. The highest BCUT2D eigenvalue weighted by Crippen LogP contribution is 2.29. The first-order valence-electron chi connectivity index (χ1n) is 9.12. The van der Waals surface area contributed by atoms with Gasteiger partial charge in [0.25, 0.3) is 0 Å². The second-order valence-corrected chi connectivity index (χ2v) is 7.78. The van der Waals surface area contributed by atoms with Crippen molar-refractivity contribution < 1.29 is 9.53 Å². The fourth-order valence-corrected chi connectivity index (χ4v) is 4.33. The second kappa shape index (κ2) is 7.66. The number of thiazole rings is 1. The Bertz CT molecular complexity index is 947. The Morgan fingerprint density at radius 1 is 1.33 bits per heavy atom. The summed E-state index contributed by atoms with van der Waals surface area (Å²) in [5.74, 6) is 0.752. The van der Waals surface area contributed by atoms with Crippen molar-refractivity contribution in [2.75, 3.05) is 26.8 Å². The molecule has 0 atom stereocenters. The van der Waals surface area contributed by atoms with Gasteiger partial charge in [0.1, 0.15) is 0 Å². The number of fused-ring (bicyclic) bond motifs is 3. The number of aromatic nitrogens is 3. The fraction of sp³-hybridized carbons (Fsp3) is 0.421. The molecule has 8 heteroatoms. The lowest BCUT2D eigenvalue weighted by atomic mass is 10.1. The number of benzene rings is 1. The Morgan fingerprint density at radius 2 is 2.15 bits per heavy atom. The molecule has 3 aromatic rings. The van der Waals surface area contributed by atoms with Gasteiger partial charge in [0.05, 0.1) is 12.2 Å². The first-order chi connectivity index (χ1) is 13.2. The molecule has 1 aliphatic rings. The Balaban J connectivity index is 1.48. The van der Waals surface area contributed by atoms with Crippen LogP contribution in [0, 0.1) is 6.92 Å². The first kappa shape index (κ1) is 17.9. The molecule has 0 aliphatic carbocycles.